The number of rotatable bonds is 5. The van der Waals surface area contributed by atoms with Crippen LogP contribution >= 0.6 is 27.3 Å². The fourth-order valence-corrected chi connectivity index (χ4v) is 2.51. The largest absolute Gasteiger partial charge is 0.573 e. The highest BCUT2D eigenvalue weighted by Crippen LogP contribution is 2.35. The predicted octanol–water partition coefficient (Wildman–Crippen LogP) is 3.71. The van der Waals surface area contributed by atoms with Crippen molar-refractivity contribution in [3.8, 4) is 16.7 Å². The second-order valence-electron chi connectivity index (χ2n) is 3.73. The van der Waals surface area contributed by atoms with Gasteiger partial charge in [0.05, 0.1) is 4.47 Å². The van der Waals surface area contributed by atoms with Crippen molar-refractivity contribution in [1.29, 1.82) is 0 Å². The summed E-state index contributed by atoms with van der Waals surface area (Å²) in [6.45, 7) is 0.559. The summed E-state index contributed by atoms with van der Waals surface area (Å²) in [6.07, 6.45) is -4.74. The second-order valence-corrected chi connectivity index (χ2v) is 5.61. The average Bonchev–Trinajstić information content (AvgIpc) is 2.79. The van der Waals surface area contributed by atoms with E-state index in [1.165, 1.54) is 23.5 Å². The van der Waals surface area contributed by atoms with Crippen LogP contribution in [0.1, 0.15) is 5.01 Å². The van der Waals surface area contributed by atoms with E-state index in [2.05, 4.69) is 36.2 Å². The maximum absolute atomic E-state index is 12.1. The molecule has 1 aromatic heterocycles. The molecule has 0 bridgehead atoms. The smallest absolute Gasteiger partial charge is 0.430 e. The number of alkyl halides is 3. The molecule has 0 aliphatic heterocycles. The zero-order chi connectivity index (χ0) is 15.5. The lowest BCUT2D eigenvalue weighted by molar-refractivity contribution is -0.274. The van der Waals surface area contributed by atoms with Crippen molar-refractivity contribution in [2.24, 2.45) is 0 Å². The van der Waals surface area contributed by atoms with Crippen LogP contribution in [0.2, 0.25) is 0 Å². The highest BCUT2D eigenvalue weighted by Gasteiger charge is 2.32. The topological polar surface area (TPSA) is 56.3 Å². The Morgan fingerprint density at radius 2 is 2.10 bits per heavy atom. The van der Waals surface area contributed by atoms with Gasteiger partial charge < -0.3 is 14.8 Å². The third kappa shape index (κ3) is 4.83. The van der Waals surface area contributed by atoms with E-state index in [4.69, 9.17) is 4.74 Å². The third-order valence-electron chi connectivity index (χ3n) is 2.11. The minimum Gasteiger partial charge on any atom is -0.430 e. The standard InChI is InChI=1S/C11H9BrF3N3O2S/c1-16-5-9-17-18-10(21-9)19-6-2-3-8(7(12)4-6)20-11(13,14)15/h2-4,16H,5H2,1H3. The molecule has 0 saturated heterocycles. The molecule has 10 heteroatoms. The Morgan fingerprint density at radius 3 is 2.71 bits per heavy atom. The van der Waals surface area contributed by atoms with Crippen molar-refractivity contribution < 1.29 is 22.6 Å². The molecule has 0 unspecified atom stereocenters. The van der Waals surface area contributed by atoms with Crippen LogP contribution in [0.5, 0.6) is 16.7 Å². The summed E-state index contributed by atoms with van der Waals surface area (Å²) in [7, 11) is 1.78. The van der Waals surface area contributed by atoms with Crippen molar-refractivity contribution in [3.63, 3.8) is 0 Å². The molecule has 114 valence electrons. The molecule has 2 aromatic rings. The SMILES string of the molecule is CNCc1nnc(Oc2ccc(OC(F)(F)F)c(Br)c2)s1. The van der Waals surface area contributed by atoms with Gasteiger partial charge in [-0.2, -0.15) is 0 Å². The van der Waals surface area contributed by atoms with Gasteiger partial charge in [0.2, 0.25) is 0 Å². The second kappa shape index (κ2) is 6.58. The van der Waals surface area contributed by atoms with Gasteiger partial charge in [-0.1, -0.05) is 16.4 Å². The van der Waals surface area contributed by atoms with E-state index in [0.717, 1.165) is 11.1 Å². The van der Waals surface area contributed by atoms with E-state index in [-0.39, 0.29) is 10.2 Å². The van der Waals surface area contributed by atoms with Crippen LogP contribution in [0, 0.1) is 0 Å². The summed E-state index contributed by atoms with van der Waals surface area (Å²) in [5.74, 6) is -0.0217. The Labute approximate surface area is 130 Å². The number of aromatic nitrogens is 2. The van der Waals surface area contributed by atoms with Gasteiger partial charge in [-0.15, -0.1) is 18.3 Å². The van der Waals surface area contributed by atoms with Crippen LogP contribution in [0.4, 0.5) is 13.2 Å². The Kier molecular flexibility index (Phi) is 5.01. The van der Waals surface area contributed by atoms with Crippen LogP contribution in [0.15, 0.2) is 22.7 Å². The van der Waals surface area contributed by atoms with Crippen molar-refractivity contribution in [1.82, 2.24) is 15.5 Å². The van der Waals surface area contributed by atoms with E-state index in [1.54, 1.807) is 7.05 Å². The highest BCUT2D eigenvalue weighted by atomic mass is 79.9. The van der Waals surface area contributed by atoms with Gasteiger partial charge in [-0.05, 0) is 41.2 Å². The molecule has 0 fully saturated rings. The molecule has 1 aromatic carbocycles. The van der Waals surface area contributed by atoms with E-state index in [0.29, 0.717) is 17.5 Å². The molecule has 0 atom stereocenters. The Bertz CT molecular complexity index is 621. The Balaban J connectivity index is 2.09. The van der Waals surface area contributed by atoms with E-state index < -0.39 is 6.36 Å². The van der Waals surface area contributed by atoms with Gasteiger partial charge in [0.15, 0.2) is 0 Å². The summed E-state index contributed by atoms with van der Waals surface area (Å²) in [6, 6.07) is 3.87. The van der Waals surface area contributed by atoms with Gasteiger partial charge in [-0.3, -0.25) is 0 Å². The number of ether oxygens (including phenoxy) is 2. The van der Waals surface area contributed by atoms with Crippen LogP contribution in [-0.2, 0) is 6.54 Å². The van der Waals surface area contributed by atoms with Crippen LogP contribution < -0.4 is 14.8 Å². The van der Waals surface area contributed by atoms with Crippen LogP contribution in [-0.4, -0.2) is 23.6 Å². The summed E-state index contributed by atoms with van der Waals surface area (Å²) < 4.78 is 45.8. The normalized spacial score (nSPS) is 11.5. The number of hydrogen-bond donors (Lipinski definition) is 1. The van der Waals surface area contributed by atoms with Gasteiger partial charge in [0, 0.05) is 6.54 Å². The molecule has 21 heavy (non-hydrogen) atoms. The number of hydrogen-bond acceptors (Lipinski definition) is 6. The van der Waals surface area contributed by atoms with Crippen molar-refractivity contribution in [2.75, 3.05) is 7.05 Å². The van der Waals surface area contributed by atoms with Gasteiger partial charge >= 0.3 is 6.36 Å². The number of halogens is 4. The van der Waals surface area contributed by atoms with E-state index in [1.807, 2.05) is 0 Å². The lowest BCUT2D eigenvalue weighted by Crippen LogP contribution is -2.17. The van der Waals surface area contributed by atoms with Crippen LogP contribution in [0.25, 0.3) is 0 Å². The highest BCUT2D eigenvalue weighted by molar-refractivity contribution is 9.10. The van der Waals surface area contributed by atoms with E-state index in [9.17, 15) is 13.2 Å². The molecule has 1 heterocycles. The number of benzene rings is 1. The summed E-state index contributed by atoms with van der Waals surface area (Å²) in [5.41, 5.74) is 0. The first-order valence-electron chi connectivity index (χ1n) is 5.57. The molecule has 0 radical (unpaired) electrons. The quantitative estimate of drug-likeness (QED) is 0.852. The maximum atomic E-state index is 12.1. The Morgan fingerprint density at radius 1 is 1.33 bits per heavy atom. The van der Waals surface area contributed by atoms with E-state index >= 15 is 0 Å². The molecule has 0 amide bonds. The first-order chi connectivity index (χ1) is 9.87. The summed E-state index contributed by atoms with van der Waals surface area (Å²) in [4.78, 5) is 0. The lowest BCUT2D eigenvalue weighted by Gasteiger charge is -2.11. The summed E-state index contributed by atoms with van der Waals surface area (Å²) >= 11 is 4.23. The first kappa shape index (κ1) is 16.0. The van der Waals surface area contributed by atoms with Crippen molar-refractivity contribution in [2.45, 2.75) is 12.9 Å². The molecule has 0 aliphatic carbocycles. The Hall–Kier alpha value is -1.39. The zero-order valence-corrected chi connectivity index (χ0v) is 13.0. The summed E-state index contributed by atoms with van der Waals surface area (Å²) in [5, 5.41) is 11.7. The average molecular weight is 384 g/mol. The molecule has 1 N–H and O–H groups in total. The molecule has 0 saturated carbocycles. The molecule has 0 spiro atoms. The van der Waals surface area contributed by atoms with Crippen molar-refractivity contribution >= 4 is 27.3 Å². The fourth-order valence-electron chi connectivity index (χ4n) is 1.36. The molecule has 2 rings (SSSR count). The first-order valence-corrected chi connectivity index (χ1v) is 7.18. The number of nitrogens with zero attached hydrogens (tertiary/aromatic N) is 2. The monoisotopic (exact) mass is 383 g/mol. The lowest BCUT2D eigenvalue weighted by atomic mass is 10.3. The molecular formula is C11H9BrF3N3O2S. The molecule has 5 nitrogen and oxygen atoms in total. The van der Waals surface area contributed by atoms with Gasteiger partial charge in [0.25, 0.3) is 5.19 Å². The minimum atomic E-state index is -4.74. The van der Waals surface area contributed by atoms with Gasteiger partial charge in [-0.25, -0.2) is 0 Å². The third-order valence-corrected chi connectivity index (χ3v) is 3.53. The maximum Gasteiger partial charge on any atom is 0.573 e. The van der Waals surface area contributed by atoms with Gasteiger partial charge in [0.1, 0.15) is 16.5 Å². The van der Waals surface area contributed by atoms with Crippen LogP contribution in [0.3, 0.4) is 0 Å². The zero-order valence-electron chi connectivity index (χ0n) is 10.6. The number of nitrogens with one attached hydrogen (secondary N) is 1. The predicted molar refractivity (Wildman–Crippen MR) is 73.6 cm³/mol. The molecular weight excluding hydrogens is 375 g/mol. The minimum absolute atomic E-state index is 0.122. The fraction of sp³-hybridized carbons (Fsp3) is 0.273. The molecule has 0 aliphatic rings. The van der Waals surface area contributed by atoms with Crippen molar-refractivity contribution in [3.05, 3.63) is 27.7 Å².